The molecule has 25 heavy (non-hydrogen) atoms. The lowest BCUT2D eigenvalue weighted by Crippen LogP contribution is -2.17. The van der Waals surface area contributed by atoms with E-state index in [1.165, 1.54) is 12.3 Å². The number of benzene rings is 1. The van der Waals surface area contributed by atoms with Crippen molar-refractivity contribution in [1.82, 2.24) is 4.83 Å². The summed E-state index contributed by atoms with van der Waals surface area (Å²) in [5.41, 5.74) is 0.589. The molecule has 0 atom stereocenters. The van der Waals surface area contributed by atoms with Gasteiger partial charge in [0.05, 0.1) is 24.5 Å². The molecule has 2 aromatic rings. The first-order valence-corrected chi connectivity index (χ1v) is 10.4. The number of nitrogens with one attached hydrogen (secondary N) is 1. The molecule has 1 heterocycles. The van der Waals surface area contributed by atoms with Gasteiger partial charge in [-0.05, 0) is 42.5 Å². The fourth-order valence-electron chi connectivity index (χ4n) is 1.90. The zero-order valence-corrected chi connectivity index (χ0v) is 16.2. The number of halogens is 1. The summed E-state index contributed by atoms with van der Waals surface area (Å²) in [4.78, 5) is 2.17. The second-order valence-electron chi connectivity index (χ2n) is 4.90. The van der Waals surface area contributed by atoms with E-state index in [0.717, 1.165) is 17.8 Å². The summed E-state index contributed by atoms with van der Waals surface area (Å²) in [5, 5.41) is 5.85. The largest absolute Gasteiger partial charge is 0.490 e. The predicted molar refractivity (Wildman–Crippen MR) is 101 cm³/mol. The molecule has 0 aliphatic rings. The number of hydrazone groups is 1. The summed E-state index contributed by atoms with van der Waals surface area (Å²) in [6, 6.07) is 6.50. The van der Waals surface area contributed by atoms with Crippen molar-refractivity contribution >= 4 is 39.2 Å². The number of ether oxygens (including phenoxy) is 2. The van der Waals surface area contributed by atoms with Crippen LogP contribution in [-0.2, 0) is 10.0 Å². The van der Waals surface area contributed by atoms with Crippen molar-refractivity contribution in [3.63, 3.8) is 0 Å². The number of hydrogen-bond acceptors (Lipinski definition) is 6. The Labute approximate surface area is 156 Å². The van der Waals surface area contributed by atoms with E-state index < -0.39 is 10.0 Å². The summed E-state index contributed by atoms with van der Waals surface area (Å²) >= 11 is 7.37. The smallest absolute Gasteiger partial charge is 0.286 e. The van der Waals surface area contributed by atoms with E-state index in [1.54, 1.807) is 23.6 Å². The van der Waals surface area contributed by atoms with Crippen molar-refractivity contribution < 1.29 is 17.9 Å². The average molecular weight is 403 g/mol. The minimum atomic E-state index is -3.66. The van der Waals surface area contributed by atoms with Crippen LogP contribution in [0.4, 0.5) is 0 Å². The lowest BCUT2D eigenvalue weighted by molar-refractivity contribution is 0.277. The van der Waals surface area contributed by atoms with Crippen molar-refractivity contribution in [3.05, 3.63) is 40.2 Å². The van der Waals surface area contributed by atoms with Crippen LogP contribution >= 0.6 is 22.9 Å². The van der Waals surface area contributed by atoms with Crippen molar-refractivity contribution in [3.8, 4) is 11.5 Å². The number of nitrogens with zero attached hydrogens (tertiary/aromatic N) is 1. The normalized spacial score (nSPS) is 11.6. The highest BCUT2D eigenvalue weighted by molar-refractivity contribution is 7.91. The molecular weight excluding hydrogens is 384 g/mol. The van der Waals surface area contributed by atoms with Gasteiger partial charge in [0.25, 0.3) is 10.0 Å². The summed E-state index contributed by atoms with van der Waals surface area (Å²) in [5.74, 6) is 0.965. The summed E-state index contributed by atoms with van der Waals surface area (Å²) in [6.45, 7) is 4.82. The highest BCUT2D eigenvalue weighted by atomic mass is 35.5. The third-order valence-corrected chi connectivity index (χ3v) is 5.83. The van der Waals surface area contributed by atoms with Gasteiger partial charge in [0.15, 0.2) is 11.5 Å². The van der Waals surface area contributed by atoms with Gasteiger partial charge in [-0.25, -0.2) is 0 Å². The number of thiophene rings is 1. The van der Waals surface area contributed by atoms with Gasteiger partial charge < -0.3 is 9.47 Å². The van der Waals surface area contributed by atoms with Gasteiger partial charge in [0.1, 0.15) is 4.21 Å². The molecule has 0 aliphatic carbocycles. The molecule has 0 fully saturated rings. The lowest BCUT2D eigenvalue weighted by Gasteiger charge is -2.13. The van der Waals surface area contributed by atoms with Crippen LogP contribution in [0, 0.1) is 0 Å². The zero-order valence-electron chi connectivity index (χ0n) is 13.9. The topological polar surface area (TPSA) is 77.0 Å². The molecule has 2 rings (SSSR count). The van der Waals surface area contributed by atoms with Crippen LogP contribution in [0.2, 0.25) is 5.02 Å². The first-order valence-electron chi connectivity index (χ1n) is 7.65. The molecule has 0 radical (unpaired) electrons. The van der Waals surface area contributed by atoms with Crippen LogP contribution in [0.1, 0.15) is 25.8 Å². The SMILES string of the molecule is CCCOc1c(Cl)cc(/C=N/NS(=O)(=O)c2cccs2)cc1OCC. The van der Waals surface area contributed by atoms with Crippen LogP contribution in [-0.4, -0.2) is 27.8 Å². The molecule has 1 N–H and O–H groups in total. The maximum atomic E-state index is 12.0. The first kappa shape index (κ1) is 19.6. The van der Waals surface area contributed by atoms with E-state index in [0.29, 0.717) is 35.3 Å². The second-order valence-corrected chi connectivity index (χ2v) is 8.14. The van der Waals surface area contributed by atoms with Crippen molar-refractivity contribution in [2.24, 2.45) is 5.10 Å². The van der Waals surface area contributed by atoms with Gasteiger partial charge in [0, 0.05) is 0 Å². The molecule has 0 bridgehead atoms. The summed E-state index contributed by atoms with van der Waals surface area (Å²) < 4.78 is 35.4. The first-order chi connectivity index (χ1) is 12.0. The zero-order chi connectivity index (χ0) is 18.3. The van der Waals surface area contributed by atoms with Crippen LogP contribution < -0.4 is 14.3 Å². The molecule has 0 amide bonds. The molecular formula is C16H19ClN2O4S2. The lowest BCUT2D eigenvalue weighted by atomic mass is 10.2. The quantitative estimate of drug-likeness (QED) is 0.509. The number of rotatable bonds is 9. The Hall–Kier alpha value is -1.77. The van der Waals surface area contributed by atoms with Gasteiger partial charge in [0.2, 0.25) is 0 Å². The average Bonchev–Trinajstić information content (AvgIpc) is 3.10. The van der Waals surface area contributed by atoms with Gasteiger partial charge in [-0.15, -0.1) is 11.3 Å². The Morgan fingerprint density at radius 2 is 2.12 bits per heavy atom. The number of sulfonamides is 1. The molecule has 136 valence electrons. The van der Waals surface area contributed by atoms with E-state index in [-0.39, 0.29) is 4.21 Å². The second kappa shape index (κ2) is 9.07. The van der Waals surface area contributed by atoms with E-state index in [1.807, 2.05) is 13.8 Å². The molecule has 0 saturated heterocycles. The summed E-state index contributed by atoms with van der Waals surface area (Å²) in [6.07, 6.45) is 2.21. The molecule has 1 aromatic heterocycles. The van der Waals surface area contributed by atoms with Crippen LogP contribution in [0.3, 0.4) is 0 Å². The van der Waals surface area contributed by atoms with E-state index in [2.05, 4.69) is 9.93 Å². The monoisotopic (exact) mass is 402 g/mol. The van der Waals surface area contributed by atoms with Crippen LogP contribution in [0.15, 0.2) is 39.0 Å². The minimum absolute atomic E-state index is 0.195. The van der Waals surface area contributed by atoms with Crippen molar-refractivity contribution in [2.45, 2.75) is 24.5 Å². The number of hydrogen-bond donors (Lipinski definition) is 1. The molecule has 0 spiro atoms. The fourth-order valence-corrected chi connectivity index (χ4v) is 3.95. The predicted octanol–water partition coefficient (Wildman–Crippen LogP) is 3.90. The van der Waals surface area contributed by atoms with Gasteiger partial charge in [-0.3, -0.25) is 0 Å². The third-order valence-electron chi connectivity index (χ3n) is 2.93. The Bertz CT molecular complexity index is 821. The minimum Gasteiger partial charge on any atom is -0.490 e. The molecule has 0 unspecified atom stereocenters. The highest BCUT2D eigenvalue weighted by Crippen LogP contribution is 2.36. The molecule has 0 aliphatic heterocycles. The molecule has 1 aromatic carbocycles. The fraction of sp³-hybridized carbons (Fsp3) is 0.312. The molecule has 6 nitrogen and oxygen atoms in total. The molecule has 0 saturated carbocycles. The van der Waals surface area contributed by atoms with Gasteiger partial charge in [-0.1, -0.05) is 24.6 Å². The van der Waals surface area contributed by atoms with Crippen molar-refractivity contribution in [2.75, 3.05) is 13.2 Å². The Kier molecular flexibility index (Phi) is 7.10. The maximum Gasteiger partial charge on any atom is 0.286 e. The van der Waals surface area contributed by atoms with Crippen molar-refractivity contribution in [1.29, 1.82) is 0 Å². The van der Waals surface area contributed by atoms with E-state index >= 15 is 0 Å². The van der Waals surface area contributed by atoms with Gasteiger partial charge in [-0.2, -0.15) is 18.4 Å². The summed E-state index contributed by atoms with van der Waals surface area (Å²) in [7, 11) is -3.66. The standard InChI is InChI=1S/C16H19ClN2O4S2/c1-3-7-23-16-13(17)9-12(10-14(16)22-4-2)11-18-19-25(20,21)15-6-5-8-24-15/h5-6,8-11,19H,3-4,7H2,1-2H3/b18-11+. The molecule has 9 heteroatoms. The van der Waals surface area contributed by atoms with E-state index in [4.69, 9.17) is 21.1 Å². The maximum absolute atomic E-state index is 12.0. The van der Waals surface area contributed by atoms with E-state index in [9.17, 15) is 8.42 Å². The Morgan fingerprint density at radius 1 is 1.32 bits per heavy atom. The van der Waals surface area contributed by atoms with Crippen LogP contribution in [0.5, 0.6) is 11.5 Å². The Balaban J connectivity index is 2.19. The Morgan fingerprint density at radius 3 is 2.76 bits per heavy atom. The third kappa shape index (κ3) is 5.35. The van der Waals surface area contributed by atoms with Crippen LogP contribution in [0.25, 0.3) is 0 Å². The highest BCUT2D eigenvalue weighted by Gasteiger charge is 2.14. The van der Waals surface area contributed by atoms with Gasteiger partial charge >= 0.3 is 0 Å².